The number of urea groups is 1. The number of aromatic nitrogens is 1. The van der Waals surface area contributed by atoms with Crippen molar-refractivity contribution in [3.8, 4) is 5.88 Å². The zero-order valence-electron chi connectivity index (χ0n) is 13.7. The first-order valence-corrected chi connectivity index (χ1v) is 8.03. The SMILES string of the molecule is CCNC(=O)N1CCC(NC(=O)Cc2cccc(OCC)n2)C1. The van der Waals surface area contributed by atoms with Crippen molar-refractivity contribution in [2.45, 2.75) is 32.7 Å². The molecule has 7 heteroatoms. The minimum absolute atomic E-state index is 0.000167. The summed E-state index contributed by atoms with van der Waals surface area (Å²) in [5.41, 5.74) is 0.673. The summed E-state index contributed by atoms with van der Waals surface area (Å²) in [5.74, 6) is 0.440. The number of nitrogens with zero attached hydrogens (tertiary/aromatic N) is 2. The molecule has 3 amide bonds. The van der Waals surface area contributed by atoms with Gasteiger partial charge in [-0.3, -0.25) is 4.79 Å². The molecule has 1 aromatic heterocycles. The summed E-state index contributed by atoms with van der Waals surface area (Å²) in [6, 6.07) is 5.33. The average molecular weight is 320 g/mol. The highest BCUT2D eigenvalue weighted by molar-refractivity contribution is 5.79. The highest BCUT2D eigenvalue weighted by Crippen LogP contribution is 2.11. The van der Waals surface area contributed by atoms with E-state index in [0.29, 0.717) is 37.8 Å². The third-order valence-corrected chi connectivity index (χ3v) is 3.58. The number of amides is 3. The molecule has 1 aliphatic rings. The molecule has 0 saturated carbocycles. The van der Waals surface area contributed by atoms with Crippen molar-refractivity contribution in [1.82, 2.24) is 20.5 Å². The largest absolute Gasteiger partial charge is 0.478 e. The Morgan fingerprint density at radius 3 is 2.96 bits per heavy atom. The second kappa shape index (κ2) is 8.36. The summed E-state index contributed by atoms with van der Waals surface area (Å²) in [5, 5.41) is 5.73. The van der Waals surface area contributed by atoms with Crippen molar-refractivity contribution < 1.29 is 14.3 Å². The second-order valence-electron chi connectivity index (χ2n) is 5.41. The van der Waals surface area contributed by atoms with Crippen LogP contribution in [0.4, 0.5) is 4.79 Å². The van der Waals surface area contributed by atoms with E-state index >= 15 is 0 Å². The Bertz CT molecular complexity index is 550. The van der Waals surface area contributed by atoms with Gasteiger partial charge in [0.15, 0.2) is 0 Å². The summed E-state index contributed by atoms with van der Waals surface area (Å²) < 4.78 is 5.33. The van der Waals surface area contributed by atoms with Crippen LogP contribution in [0.3, 0.4) is 0 Å². The van der Waals surface area contributed by atoms with Crippen LogP contribution in [0.15, 0.2) is 18.2 Å². The summed E-state index contributed by atoms with van der Waals surface area (Å²) >= 11 is 0. The molecule has 1 atom stereocenters. The number of likely N-dealkylation sites (tertiary alicyclic amines) is 1. The van der Waals surface area contributed by atoms with Gasteiger partial charge in [0.05, 0.1) is 18.7 Å². The maximum atomic E-state index is 12.1. The van der Waals surface area contributed by atoms with E-state index in [2.05, 4.69) is 15.6 Å². The highest BCUT2D eigenvalue weighted by Gasteiger charge is 2.26. The van der Waals surface area contributed by atoms with Gasteiger partial charge >= 0.3 is 6.03 Å². The van der Waals surface area contributed by atoms with Crippen LogP contribution in [0, 0.1) is 0 Å². The molecule has 2 N–H and O–H groups in total. The van der Waals surface area contributed by atoms with Crippen LogP contribution in [-0.2, 0) is 11.2 Å². The van der Waals surface area contributed by atoms with Crippen LogP contribution in [-0.4, -0.2) is 54.1 Å². The van der Waals surface area contributed by atoms with Crippen molar-refractivity contribution >= 4 is 11.9 Å². The molecule has 1 unspecified atom stereocenters. The first-order chi connectivity index (χ1) is 11.1. The normalized spacial score (nSPS) is 17.0. The van der Waals surface area contributed by atoms with Crippen molar-refractivity contribution in [2.24, 2.45) is 0 Å². The number of hydrogen-bond donors (Lipinski definition) is 2. The predicted molar refractivity (Wildman–Crippen MR) is 86.3 cm³/mol. The number of nitrogens with one attached hydrogen (secondary N) is 2. The molecule has 1 fully saturated rings. The Morgan fingerprint density at radius 1 is 1.39 bits per heavy atom. The maximum absolute atomic E-state index is 12.1. The van der Waals surface area contributed by atoms with Gasteiger partial charge in [0.1, 0.15) is 0 Å². The Hall–Kier alpha value is -2.31. The zero-order chi connectivity index (χ0) is 16.7. The molecule has 23 heavy (non-hydrogen) atoms. The van der Waals surface area contributed by atoms with Gasteiger partial charge in [-0.25, -0.2) is 9.78 Å². The molecule has 1 aliphatic heterocycles. The van der Waals surface area contributed by atoms with Gasteiger partial charge in [0.25, 0.3) is 0 Å². The molecule has 7 nitrogen and oxygen atoms in total. The molecule has 2 rings (SSSR count). The monoisotopic (exact) mass is 320 g/mol. The van der Waals surface area contributed by atoms with Crippen LogP contribution in [0.25, 0.3) is 0 Å². The Kier molecular flexibility index (Phi) is 6.19. The van der Waals surface area contributed by atoms with Crippen molar-refractivity contribution in [3.63, 3.8) is 0 Å². The van der Waals surface area contributed by atoms with Gasteiger partial charge in [0.2, 0.25) is 11.8 Å². The minimum atomic E-state index is -0.0890. The Morgan fingerprint density at radius 2 is 2.22 bits per heavy atom. The van der Waals surface area contributed by atoms with E-state index in [9.17, 15) is 9.59 Å². The lowest BCUT2D eigenvalue weighted by molar-refractivity contribution is -0.121. The van der Waals surface area contributed by atoms with Gasteiger partial charge in [-0.15, -0.1) is 0 Å². The van der Waals surface area contributed by atoms with Crippen LogP contribution in [0.1, 0.15) is 26.0 Å². The number of hydrogen-bond acceptors (Lipinski definition) is 4. The van der Waals surface area contributed by atoms with E-state index in [0.717, 1.165) is 6.42 Å². The summed E-state index contributed by atoms with van der Waals surface area (Å²) in [6.07, 6.45) is 0.980. The molecule has 0 aliphatic carbocycles. The molecule has 2 heterocycles. The second-order valence-corrected chi connectivity index (χ2v) is 5.41. The van der Waals surface area contributed by atoms with Gasteiger partial charge in [-0.2, -0.15) is 0 Å². The molecule has 0 bridgehead atoms. The lowest BCUT2D eigenvalue weighted by Gasteiger charge is -2.17. The van der Waals surface area contributed by atoms with Gasteiger partial charge in [0, 0.05) is 31.7 Å². The van der Waals surface area contributed by atoms with Crippen molar-refractivity contribution in [3.05, 3.63) is 23.9 Å². The predicted octanol–water partition coefficient (Wildman–Crippen LogP) is 0.943. The van der Waals surface area contributed by atoms with E-state index in [1.54, 1.807) is 17.0 Å². The van der Waals surface area contributed by atoms with Crippen molar-refractivity contribution in [1.29, 1.82) is 0 Å². The van der Waals surface area contributed by atoms with E-state index < -0.39 is 0 Å². The zero-order valence-corrected chi connectivity index (χ0v) is 13.7. The molecule has 126 valence electrons. The Labute approximate surface area is 136 Å². The molecule has 0 radical (unpaired) electrons. The summed E-state index contributed by atoms with van der Waals surface area (Å²) in [7, 11) is 0. The fraction of sp³-hybridized carbons (Fsp3) is 0.562. The molecule has 1 aromatic rings. The number of carbonyl (C=O) groups excluding carboxylic acids is 2. The first-order valence-electron chi connectivity index (χ1n) is 8.03. The van der Waals surface area contributed by atoms with E-state index in [1.807, 2.05) is 19.9 Å². The van der Waals surface area contributed by atoms with Gasteiger partial charge < -0.3 is 20.3 Å². The standard InChI is InChI=1S/C16H24N4O3/c1-3-17-16(22)20-9-8-13(11-20)18-14(21)10-12-6-5-7-15(19-12)23-4-2/h5-7,13H,3-4,8-11H2,1-2H3,(H,17,22)(H,18,21). The van der Waals surface area contributed by atoms with Gasteiger partial charge in [-0.05, 0) is 26.3 Å². The number of rotatable bonds is 6. The van der Waals surface area contributed by atoms with E-state index in [1.165, 1.54) is 0 Å². The molecule has 1 saturated heterocycles. The fourth-order valence-electron chi connectivity index (χ4n) is 2.55. The highest BCUT2D eigenvalue weighted by atomic mass is 16.5. The molecule has 0 aromatic carbocycles. The quantitative estimate of drug-likeness (QED) is 0.817. The number of pyridine rings is 1. The Balaban J connectivity index is 1.81. The molecular weight excluding hydrogens is 296 g/mol. The van der Waals surface area contributed by atoms with Crippen LogP contribution in [0.2, 0.25) is 0 Å². The van der Waals surface area contributed by atoms with Crippen LogP contribution < -0.4 is 15.4 Å². The maximum Gasteiger partial charge on any atom is 0.317 e. The number of carbonyl (C=O) groups is 2. The number of ether oxygens (including phenoxy) is 1. The van der Waals surface area contributed by atoms with Gasteiger partial charge in [-0.1, -0.05) is 6.07 Å². The topological polar surface area (TPSA) is 83.6 Å². The third kappa shape index (κ3) is 5.12. The van der Waals surface area contributed by atoms with E-state index in [4.69, 9.17) is 4.74 Å². The van der Waals surface area contributed by atoms with E-state index in [-0.39, 0.29) is 24.4 Å². The average Bonchev–Trinajstić information content (AvgIpc) is 2.96. The lowest BCUT2D eigenvalue weighted by Crippen LogP contribution is -2.42. The first kappa shape index (κ1) is 17.1. The minimum Gasteiger partial charge on any atom is -0.478 e. The summed E-state index contributed by atoms with van der Waals surface area (Å²) in [4.78, 5) is 29.9. The third-order valence-electron chi connectivity index (χ3n) is 3.58. The smallest absolute Gasteiger partial charge is 0.317 e. The van der Waals surface area contributed by atoms with Crippen LogP contribution >= 0.6 is 0 Å². The summed E-state index contributed by atoms with van der Waals surface area (Å²) in [6.45, 7) is 6.13. The molecular formula is C16H24N4O3. The lowest BCUT2D eigenvalue weighted by atomic mass is 10.2. The molecule has 0 spiro atoms. The van der Waals surface area contributed by atoms with Crippen molar-refractivity contribution in [2.75, 3.05) is 26.2 Å². The fourth-order valence-corrected chi connectivity index (χ4v) is 2.55. The van der Waals surface area contributed by atoms with Crippen LogP contribution in [0.5, 0.6) is 5.88 Å².